The lowest BCUT2D eigenvalue weighted by Crippen LogP contribution is -2.41. The molecule has 0 spiro atoms. The second-order valence-electron chi connectivity index (χ2n) is 4.72. The number of carbonyl (C=O) groups is 1. The zero-order valence-corrected chi connectivity index (χ0v) is 12.1. The van der Waals surface area contributed by atoms with Gasteiger partial charge in [-0.2, -0.15) is 0 Å². The van der Waals surface area contributed by atoms with Crippen LogP contribution in [0, 0.1) is 5.92 Å². The van der Waals surface area contributed by atoms with E-state index in [9.17, 15) is 4.79 Å². The van der Waals surface area contributed by atoms with Crippen molar-refractivity contribution in [3.8, 4) is 5.75 Å². The number of ether oxygens (including phenoxy) is 1. The van der Waals surface area contributed by atoms with Gasteiger partial charge in [0.2, 0.25) is 0 Å². The summed E-state index contributed by atoms with van der Waals surface area (Å²) in [7, 11) is 0. The van der Waals surface area contributed by atoms with Crippen LogP contribution in [0.5, 0.6) is 5.75 Å². The van der Waals surface area contributed by atoms with Gasteiger partial charge in [-0.1, -0.05) is 22.9 Å². The van der Waals surface area contributed by atoms with Crippen LogP contribution in [-0.4, -0.2) is 36.9 Å². The number of hydrogen-bond acceptors (Lipinski definition) is 3. The van der Waals surface area contributed by atoms with E-state index in [4.69, 9.17) is 4.74 Å². The highest BCUT2D eigenvalue weighted by Gasteiger charge is 2.22. The van der Waals surface area contributed by atoms with Gasteiger partial charge in [0.15, 0.2) is 0 Å². The zero-order valence-electron chi connectivity index (χ0n) is 10.6. The predicted octanol–water partition coefficient (Wildman–Crippen LogP) is 2.74. The average molecular weight is 312 g/mol. The number of rotatable bonds is 4. The highest BCUT2D eigenvalue weighted by Crippen LogP contribution is 2.16. The Morgan fingerprint density at radius 2 is 2.11 bits per heavy atom. The van der Waals surface area contributed by atoms with Crippen molar-refractivity contribution < 1.29 is 9.53 Å². The third-order valence-electron chi connectivity index (χ3n) is 3.25. The molecule has 98 valence electrons. The molecule has 1 atom stereocenters. The van der Waals surface area contributed by atoms with Gasteiger partial charge in [-0.3, -0.25) is 9.69 Å². The number of benzene rings is 1. The summed E-state index contributed by atoms with van der Waals surface area (Å²) < 4.78 is 6.73. The lowest BCUT2D eigenvalue weighted by molar-refractivity contribution is -0.125. The Morgan fingerprint density at radius 1 is 1.39 bits per heavy atom. The molecule has 2 rings (SSSR count). The first-order chi connectivity index (χ1) is 8.65. The van der Waals surface area contributed by atoms with Crippen molar-refractivity contribution in [1.82, 2.24) is 4.90 Å². The molecule has 0 amide bonds. The van der Waals surface area contributed by atoms with Crippen LogP contribution < -0.4 is 4.74 Å². The number of Topliss-reactive ketones (excluding diaryl/α,β-unsaturated/α-hetero) is 1. The van der Waals surface area contributed by atoms with Crippen LogP contribution in [0.25, 0.3) is 0 Å². The van der Waals surface area contributed by atoms with Crippen molar-refractivity contribution in [2.24, 2.45) is 5.92 Å². The van der Waals surface area contributed by atoms with Crippen LogP contribution in [0.2, 0.25) is 0 Å². The Kier molecular flexibility index (Phi) is 4.78. The van der Waals surface area contributed by atoms with Gasteiger partial charge in [0, 0.05) is 36.4 Å². The maximum atomic E-state index is 11.4. The summed E-state index contributed by atoms with van der Waals surface area (Å²) in [6.45, 7) is 5.29. The largest absolute Gasteiger partial charge is 0.492 e. The zero-order chi connectivity index (χ0) is 13.0. The van der Waals surface area contributed by atoms with Gasteiger partial charge < -0.3 is 4.74 Å². The van der Waals surface area contributed by atoms with Gasteiger partial charge in [0.1, 0.15) is 18.1 Å². The summed E-state index contributed by atoms with van der Waals surface area (Å²) in [4.78, 5) is 13.7. The normalized spacial score (nSPS) is 21.0. The van der Waals surface area contributed by atoms with Gasteiger partial charge in [0.05, 0.1) is 0 Å². The van der Waals surface area contributed by atoms with Crippen LogP contribution in [0.4, 0.5) is 0 Å². The summed E-state index contributed by atoms with van der Waals surface area (Å²) in [5, 5.41) is 0. The first kappa shape index (κ1) is 13.6. The second kappa shape index (κ2) is 6.34. The molecule has 1 aliphatic heterocycles. The standard InChI is InChI=1S/C14H18BrNO2/c1-11-10-16(7-6-14(11)17)8-9-18-13-4-2-12(15)3-5-13/h2-5,11H,6-10H2,1H3. The number of halogens is 1. The molecule has 0 aliphatic carbocycles. The number of hydrogen-bond donors (Lipinski definition) is 0. The highest BCUT2D eigenvalue weighted by atomic mass is 79.9. The molecule has 4 heteroatoms. The summed E-state index contributed by atoms with van der Waals surface area (Å²) in [5.74, 6) is 1.45. The number of piperidine rings is 1. The lowest BCUT2D eigenvalue weighted by atomic mass is 9.99. The molecule has 1 heterocycles. The van der Waals surface area contributed by atoms with E-state index in [1.165, 1.54) is 0 Å². The van der Waals surface area contributed by atoms with Crippen molar-refractivity contribution in [2.45, 2.75) is 13.3 Å². The Labute approximate surface area is 116 Å². The Hall–Kier alpha value is -0.870. The fourth-order valence-electron chi connectivity index (χ4n) is 2.12. The third-order valence-corrected chi connectivity index (χ3v) is 3.77. The molecule has 1 fully saturated rings. The molecule has 0 radical (unpaired) electrons. The Balaban J connectivity index is 1.72. The average Bonchev–Trinajstić information content (AvgIpc) is 2.36. The smallest absolute Gasteiger partial charge is 0.138 e. The van der Waals surface area contributed by atoms with Crippen LogP contribution in [0.3, 0.4) is 0 Å². The highest BCUT2D eigenvalue weighted by molar-refractivity contribution is 9.10. The van der Waals surface area contributed by atoms with Crippen molar-refractivity contribution >= 4 is 21.7 Å². The van der Waals surface area contributed by atoms with Crippen molar-refractivity contribution in [3.05, 3.63) is 28.7 Å². The molecular formula is C14H18BrNO2. The molecule has 0 N–H and O–H groups in total. The van der Waals surface area contributed by atoms with Gasteiger partial charge in [-0.25, -0.2) is 0 Å². The third kappa shape index (κ3) is 3.82. The van der Waals surface area contributed by atoms with Crippen LogP contribution in [0.1, 0.15) is 13.3 Å². The van der Waals surface area contributed by atoms with Gasteiger partial charge >= 0.3 is 0 Å². The van der Waals surface area contributed by atoms with Crippen molar-refractivity contribution in [1.29, 1.82) is 0 Å². The summed E-state index contributed by atoms with van der Waals surface area (Å²) >= 11 is 3.39. The minimum absolute atomic E-state index is 0.173. The molecule has 1 unspecified atom stereocenters. The Bertz CT molecular complexity index is 405. The van der Waals surface area contributed by atoms with Gasteiger partial charge in [-0.05, 0) is 24.3 Å². The topological polar surface area (TPSA) is 29.5 Å². The summed E-state index contributed by atoms with van der Waals surface area (Å²) in [6, 6.07) is 7.84. The van der Waals surface area contributed by atoms with Gasteiger partial charge in [-0.15, -0.1) is 0 Å². The van der Waals surface area contributed by atoms with Gasteiger partial charge in [0.25, 0.3) is 0 Å². The van der Waals surface area contributed by atoms with E-state index in [1.54, 1.807) is 0 Å². The Morgan fingerprint density at radius 3 is 2.78 bits per heavy atom. The van der Waals surface area contributed by atoms with Crippen molar-refractivity contribution in [2.75, 3.05) is 26.2 Å². The number of ketones is 1. The van der Waals surface area contributed by atoms with Crippen LogP contribution >= 0.6 is 15.9 Å². The van der Waals surface area contributed by atoms with E-state index in [0.29, 0.717) is 18.8 Å². The fraction of sp³-hybridized carbons (Fsp3) is 0.500. The molecular weight excluding hydrogens is 294 g/mol. The van der Waals surface area contributed by atoms with E-state index in [2.05, 4.69) is 20.8 Å². The van der Waals surface area contributed by atoms with Crippen LogP contribution in [-0.2, 0) is 4.79 Å². The first-order valence-electron chi connectivity index (χ1n) is 6.28. The van der Waals surface area contributed by atoms with E-state index in [1.807, 2.05) is 31.2 Å². The van der Waals surface area contributed by atoms with E-state index < -0.39 is 0 Å². The maximum Gasteiger partial charge on any atom is 0.138 e. The fourth-order valence-corrected chi connectivity index (χ4v) is 2.39. The predicted molar refractivity (Wildman–Crippen MR) is 74.9 cm³/mol. The molecule has 18 heavy (non-hydrogen) atoms. The SMILES string of the molecule is CC1CN(CCOc2ccc(Br)cc2)CCC1=O. The molecule has 0 saturated carbocycles. The van der Waals surface area contributed by atoms with Crippen molar-refractivity contribution in [3.63, 3.8) is 0 Å². The maximum absolute atomic E-state index is 11.4. The minimum Gasteiger partial charge on any atom is -0.492 e. The summed E-state index contributed by atoms with van der Waals surface area (Å²) in [6.07, 6.45) is 0.680. The molecule has 0 bridgehead atoms. The quantitative estimate of drug-likeness (QED) is 0.856. The molecule has 1 aromatic rings. The molecule has 1 aromatic carbocycles. The molecule has 3 nitrogen and oxygen atoms in total. The molecule has 1 saturated heterocycles. The second-order valence-corrected chi connectivity index (χ2v) is 5.64. The van der Waals surface area contributed by atoms with E-state index in [0.717, 1.165) is 29.9 Å². The lowest BCUT2D eigenvalue weighted by Gasteiger charge is -2.29. The van der Waals surface area contributed by atoms with E-state index in [-0.39, 0.29) is 5.92 Å². The number of nitrogens with zero attached hydrogens (tertiary/aromatic N) is 1. The minimum atomic E-state index is 0.173. The monoisotopic (exact) mass is 311 g/mol. The molecule has 0 aromatic heterocycles. The summed E-state index contributed by atoms with van der Waals surface area (Å²) in [5.41, 5.74) is 0. The number of likely N-dealkylation sites (tertiary alicyclic amines) is 1. The van der Waals surface area contributed by atoms with Crippen LogP contribution in [0.15, 0.2) is 28.7 Å². The number of carbonyl (C=O) groups excluding carboxylic acids is 1. The molecule has 1 aliphatic rings. The van der Waals surface area contributed by atoms with E-state index >= 15 is 0 Å². The first-order valence-corrected chi connectivity index (χ1v) is 7.08.